The molecule has 3 heteroatoms. The molecule has 0 radical (unpaired) electrons. The lowest BCUT2D eigenvalue weighted by atomic mass is 9.82. The van der Waals surface area contributed by atoms with E-state index in [1.807, 2.05) is 6.07 Å². The zero-order chi connectivity index (χ0) is 46.8. The summed E-state index contributed by atoms with van der Waals surface area (Å²) in [5.41, 5.74) is 18.6. The first kappa shape index (κ1) is 41.3. The Kier molecular flexibility index (Phi) is 9.94. The van der Waals surface area contributed by atoms with Crippen molar-refractivity contribution in [3.8, 4) is 44.5 Å². The van der Waals surface area contributed by atoms with Crippen molar-refractivity contribution in [3.05, 3.63) is 248 Å². The van der Waals surface area contributed by atoms with Crippen molar-refractivity contribution >= 4 is 71.9 Å². The lowest BCUT2D eigenvalue weighted by molar-refractivity contribution is 0.402. The zero-order valence-corrected chi connectivity index (χ0v) is 39.4. The molecule has 0 saturated heterocycles. The summed E-state index contributed by atoms with van der Waals surface area (Å²) >= 11 is 0. The van der Waals surface area contributed by atoms with Gasteiger partial charge in [-0.25, -0.2) is 0 Å². The van der Waals surface area contributed by atoms with E-state index in [-0.39, 0.29) is 0 Å². The molecule has 2 heterocycles. The number of furan rings is 1. The van der Waals surface area contributed by atoms with Gasteiger partial charge >= 0.3 is 0 Å². The molecular formula is C68H50N2O. The Morgan fingerprint density at radius 1 is 0.380 bits per heavy atom. The molecule has 12 aromatic rings. The first-order valence-corrected chi connectivity index (χ1v) is 25.2. The van der Waals surface area contributed by atoms with Gasteiger partial charge in [-0.3, -0.25) is 0 Å². The molecule has 1 fully saturated rings. The molecule has 338 valence electrons. The van der Waals surface area contributed by atoms with Gasteiger partial charge in [0.1, 0.15) is 11.2 Å². The quantitative estimate of drug-likeness (QED) is 0.142. The highest BCUT2D eigenvalue weighted by atomic mass is 16.3. The van der Waals surface area contributed by atoms with E-state index in [9.17, 15) is 0 Å². The van der Waals surface area contributed by atoms with Crippen LogP contribution in [0.25, 0.3) is 88.0 Å². The second kappa shape index (κ2) is 17.1. The molecule has 1 aliphatic carbocycles. The fraction of sp³-hybridized carbons (Fsp3) is 0.0882. The van der Waals surface area contributed by atoms with Gasteiger partial charge in [0, 0.05) is 62.2 Å². The van der Waals surface area contributed by atoms with Crippen LogP contribution in [-0.2, 0) is 0 Å². The summed E-state index contributed by atoms with van der Waals surface area (Å²) in [6, 6.07) is 89.6. The molecule has 1 aliphatic heterocycles. The number of benzene rings is 11. The van der Waals surface area contributed by atoms with Crippen LogP contribution in [0.1, 0.15) is 37.2 Å². The molecule has 11 aromatic carbocycles. The van der Waals surface area contributed by atoms with Crippen LogP contribution >= 0.6 is 0 Å². The van der Waals surface area contributed by atoms with E-state index in [0.717, 1.165) is 55.7 Å². The Hall–Kier alpha value is -8.66. The second-order valence-electron chi connectivity index (χ2n) is 19.4. The van der Waals surface area contributed by atoms with Crippen LogP contribution in [0.3, 0.4) is 0 Å². The molecule has 14 rings (SSSR count). The summed E-state index contributed by atoms with van der Waals surface area (Å²) in [5, 5.41) is 7.31. The van der Waals surface area contributed by atoms with E-state index in [2.05, 4.69) is 246 Å². The Morgan fingerprint density at radius 2 is 0.958 bits per heavy atom. The van der Waals surface area contributed by atoms with Gasteiger partial charge < -0.3 is 14.2 Å². The van der Waals surface area contributed by atoms with Crippen LogP contribution in [0.4, 0.5) is 28.4 Å². The van der Waals surface area contributed by atoms with Gasteiger partial charge in [0.05, 0.1) is 5.69 Å². The Labute approximate surface area is 414 Å². The summed E-state index contributed by atoms with van der Waals surface area (Å²) < 4.78 is 6.52. The SMILES string of the molecule is c1cc(-c2ccccc2N(c2ccc(-c3cc4ccccc4c4ccccc34)cc2)c2ccc(-c3cccc4c3oc3ccccc34)cc2)cc(-c2ccccc2N2c3ccccc3C3CCCCC32)c1. The third-order valence-corrected chi connectivity index (χ3v) is 15.5. The number of fused-ring (bicyclic) bond motifs is 9. The Balaban J connectivity index is 0.893. The average Bonchev–Trinajstić information content (AvgIpc) is 4.00. The molecule has 0 amide bonds. The van der Waals surface area contributed by atoms with E-state index < -0.39 is 0 Å². The number of hydrogen-bond acceptors (Lipinski definition) is 3. The van der Waals surface area contributed by atoms with E-state index in [1.165, 1.54) is 92.0 Å². The van der Waals surface area contributed by atoms with Gasteiger partial charge in [0.25, 0.3) is 0 Å². The first-order valence-electron chi connectivity index (χ1n) is 25.2. The standard InChI is InChI=1S/C68H50N2O/c1-2-20-52-49(17-1)44-62(57-24-4-3-23-56(52)57)46-37-41-51(42-38-46)69(50-39-35-45(36-40-50)55-28-16-29-61-60-27-9-14-34-67(60)71-68(55)61)63-30-10-5-21-53(63)47-18-15-19-48(43-47)54-22-6-11-31-64(54)70-65-32-12-7-25-58(65)59-26-8-13-33-66(59)70/h1-7,9-12,14-25,27-32,34-44,59,66H,8,13,26,33H2. The number of anilines is 5. The smallest absolute Gasteiger partial charge is 0.143 e. The summed E-state index contributed by atoms with van der Waals surface area (Å²) in [5.74, 6) is 0.575. The lowest BCUT2D eigenvalue weighted by Crippen LogP contribution is -2.32. The van der Waals surface area contributed by atoms with Crippen molar-refractivity contribution in [1.29, 1.82) is 0 Å². The minimum Gasteiger partial charge on any atom is -0.455 e. The van der Waals surface area contributed by atoms with Crippen molar-refractivity contribution in [2.75, 3.05) is 9.80 Å². The van der Waals surface area contributed by atoms with Crippen LogP contribution in [0, 0.1) is 0 Å². The molecular weight excluding hydrogens is 861 g/mol. The maximum absolute atomic E-state index is 6.52. The van der Waals surface area contributed by atoms with Crippen LogP contribution in [-0.4, -0.2) is 6.04 Å². The number of nitrogens with zero attached hydrogens (tertiary/aromatic N) is 2. The van der Waals surface area contributed by atoms with Crippen LogP contribution < -0.4 is 9.80 Å². The highest BCUT2D eigenvalue weighted by Crippen LogP contribution is 2.53. The molecule has 2 aliphatic rings. The molecule has 1 saturated carbocycles. The van der Waals surface area contributed by atoms with E-state index in [1.54, 1.807) is 0 Å². The highest BCUT2D eigenvalue weighted by Gasteiger charge is 2.41. The van der Waals surface area contributed by atoms with E-state index >= 15 is 0 Å². The van der Waals surface area contributed by atoms with Crippen molar-refractivity contribution in [1.82, 2.24) is 0 Å². The van der Waals surface area contributed by atoms with Crippen LogP contribution in [0.2, 0.25) is 0 Å². The Bertz CT molecular complexity index is 3980. The van der Waals surface area contributed by atoms with Gasteiger partial charge in [0.2, 0.25) is 0 Å². The van der Waals surface area contributed by atoms with E-state index in [4.69, 9.17) is 4.42 Å². The molecule has 1 aromatic heterocycles. The minimum absolute atomic E-state index is 0.476. The average molecular weight is 911 g/mol. The number of hydrogen-bond donors (Lipinski definition) is 0. The summed E-state index contributed by atoms with van der Waals surface area (Å²) in [4.78, 5) is 5.10. The predicted molar refractivity (Wildman–Crippen MR) is 299 cm³/mol. The molecule has 2 atom stereocenters. The minimum atomic E-state index is 0.476. The third kappa shape index (κ3) is 6.95. The van der Waals surface area contributed by atoms with E-state index in [0.29, 0.717) is 12.0 Å². The fourth-order valence-electron chi connectivity index (χ4n) is 12.3. The summed E-state index contributed by atoms with van der Waals surface area (Å²) in [6.07, 6.45) is 5.05. The van der Waals surface area contributed by atoms with Crippen molar-refractivity contribution in [3.63, 3.8) is 0 Å². The first-order chi connectivity index (χ1) is 35.2. The molecule has 0 N–H and O–H groups in total. The summed E-state index contributed by atoms with van der Waals surface area (Å²) in [7, 11) is 0. The number of rotatable bonds is 8. The number of para-hydroxylation sites is 5. The zero-order valence-electron chi connectivity index (χ0n) is 39.4. The van der Waals surface area contributed by atoms with Gasteiger partial charge in [-0.2, -0.15) is 0 Å². The van der Waals surface area contributed by atoms with Crippen molar-refractivity contribution in [2.24, 2.45) is 0 Å². The maximum Gasteiger partial charge on any atom is 0.143 e. The topological polar surface area (TPSA) is 19.6 Å². The van der Waals surface area contributed by atoms with Crippen molar-refractivity contribution < 1.29 is 4.42 Å². The Morgan fingerprint density at radius 3 is 1.77 bits per heavy atom. The maximum atomic E-state index is 6.52. The normalized spacial score (nSPS) is 15.4. The molecule has 0 spiro atoms. The van der Waals surface area contributed by atoms with Gasteiger partial charge in [0.15, 0.2) is 0 Å². The lowest BCUT2D eigenvalue weighted by Gasteiger charge is -2.35. The van der Waals surface area contributed by atoms with Crippen LogP contribution in [0.15, 0.2) is 247 Å². The molecule has 0 bridgehead atoms. The summed E-state index contributed by atoms with van der Waals surface area (Å²) in [6.45, 7) is 0. The third-order valence-electron chi connectivity index (χ3n) is 15.5. The fourth-order valence-corrected chi connectivity index (χ4v) is 12.3. The molecule has 71 heavy (non-hydrogen) atoms. The van der Waals surface area contributed by atoms with Gasteiger partial charge in [-0.1, -0.05) is 195 Å². The molecule has 3 nitrogen and oxygen atoms in total. The van der Waals surface area contributed by atoms with Crippen molar-refractivity contribution in [2.45, 2.75) is 37.6 Å². The second-order valence-corrected chi connectivity index (χ2v) is 19.4. The largest absolute Gasteiger partial charge is 0.455 e. The highest BCUT2D eigenvalue weighted by molar-refractivity contribution is 6.14. The predicted octanol–water partition coefficient (Wildman–Crippen LogP) is 19.2. The van der Waals surface area contributed by atoms with Gasteiger partial charge in [-0.15, -0.1) is 0 Å². The molecule has 2 unspecified atom stereocenters. The van der Waals surface area contributed by atoms with Crippen LogP contribution in [0.5, 0.6) is 0 Å². The van der Waals surface area contributed by atoms with Gasteiger partial charge in [-0.05, 0) is 128 Å². The monoisotopic (exact) mass is 910 g/mol.